The Morgan fingerprint density at radius 3 is 2.47 bits per heavy atom. The van der Waals surface area contributed by atoms with Gasteiger partial charge in [0, 0.05) is 16.3 Å². The van der Waals surface area contributed by atoms with Gasteiger partial charge in [0.2, 0.25) is 0 Å². The third-order valence-electron chi connectivity index (χ3n) is 5.31. The largest absolute Gasteiger partial charge is 0.342 e. The number of hydrogen-bond donors (Lipinski definition) is 1. The average molecular weight is 511 g/mol. The van der Waals surface area contributed by atoms with Crippen molar-refractivity contribution in [2.75, 3.05) is 0 Å². The van der Waals surface area contributed by atoms with E-state index in [1.165, 1.54) is 11.1 Å². The molecule has 0 radical (unpaired) electrons. The molecule has 0 saturated carbocycles. The van der Waals surface area contributed by atoms with Crippen molar-refractivity contribution in [1.29, 1.82) is 0 Å². The number of aromatic nitrogens is 3. The smallest absolute Gasteiger partial charge is 0.251 e. The van der Waals surface area contributed by atoms with E-state index >= 15 is 0 Å². The Morgan fingerprint density at radius 1 is 1.00 bits per heavy atom. The van der Waals surface area contributed by atoms with Crippen LogP contribution in [0.3, 0.4) is 0 Å². The fraction of sp³-hybridized carbons (Fsp3) is 0.192. The highest BCUT2D eigenvalue weighted by molar-refractivity contribution is 7.98. The van der Waals surface area contributed by atoms with Gasteiger partial charge in [0.15, 0.2) is 11.0 Å². The van der Waals surface area contributed by atoms with E-state index in [9.17, 15) is 4.79 Å². The highest BCUT2D eigenvalue weighted by Gasteiger charge is 2.23. The van der Waals surface area contributed by atoms with Gasteiger partial charge in [0.1, 0.15) is 0 Å². The second-order valence-corrected chi connectivity index (χ2v) is 9.90. The van der Waals surface area contributed by atoms with Gasteiger partial charge >= 0.3 is 0 Å². The third kappa shape index (κ3) is 5.63. The predicted molar refractivity (Wildman–Crippen MR) is 139 cm³/mol. The number of hydrogen-bond acceptors (Lipinski definition) is 4. The van der Waals surface area contributed by atoms with Crippen LogP contribution in [0.5, 0.6) is 0 Å². The van der Waals surface area contributed by atoms with Crippen LogP contribution in [0.15, 0.2) is 71.9 Å². The van der Waals surface area contributed by atoms with Crippen molar-refractivity contribution in [2.45, 2.75) is 37.7 Å². The molecule has 0 aliphatic rings. The average Bonchev–Trinajstić information content (AvgIpc) is 3.22. The Hall–Kier alpha value is -2.80. The minimum absolute atomic E-state index is 0.182. The maximum absolute atomic E-state index is 12.8. The van der Waals surface area contributed by atoms with Crippen molar-refractivity contribution < 1.29 is 4.79 Å². The summed E-state index contributed by atoms with van der Waals surface area (Å²) in [7, 11) is 0. The second-order valence-electron chi connectivity index (χ2n) is 8.11. The molecule has 0 aliphatic carbocycles. The summed E-state index contributed by atoms with van der Waals surface area (Å²) in [5, 5.41) is 13.6. The zero-order valence-corrected chi connectivity index (χ0v) is 21.4. The number of benzene rings is 3. The summed E-state index contributed by atoms with van der Waals surface area (Å²) in [6.45, 7) is 5.94. The first-order chi connectivity index (χ1) is 16.3. The van der Waals surface area contributed by atoms with Crippen molar-refractivity contribution in [3.63, 3.8) is 0 Å². The van der Waals surface area contributed by atoms with E-state index in [1.807, 2.05) is 42.7 Å². The van der Waals surface area contributed by atoms with Crippen LogP contribution in [0, 0.1) is 13.8 Å². The van der Waals surface area contributed by atoms with Crippen LogP contribution < -0.4 is 5.32 Å². The van der Waals surface area contributed by atoms with E-state index in [4.69, 9.17) is 23.2 Å². The SMILES string of the molecule is Cc1ccc(C(=O)NC(C)c2nnc(SCc3cccc(C)c3)n2-c2ccc(Cl)cc2Cl)cc1. The highest BCUT2D eigenvalue weighted by atomic mass is 35.5. The molecule has 174 valence electrons. The van der Waals surface area contributed by atoms with Gasteiger partial charge in [-0.25, -0.2) is 0 Å². The van der Waals surface area contributed by atoms with E-state index in [-0.39, 0.29) is 5.91 Å². The third-order valence-corrected chi connectivity index (χ3v) is 6.85. The maximum atomic E-state index is 12.8. The molecule has 1 aromatic heterocycles. The Morgan fingerprint density at radius 2 is 1.76 bits per heavy atom. The van der Waals surface area contributed by atoms with Gasteiger partial charge in [-0.3, -0.25) is 9.36 Å². The normalized spacial score (nSPS) is 11.9. The van der Waals surface area contributed by atoms with E-state index in [1.54, 1.807) is 36.0 Å². The molecule has 1 amide bonds. The van der Waals surface area contributed by atoms with E-state index in [0.29, 0.717) is 32.3 Å². The molecular formula is C26H24Cl2N4OS. The molecule has 0 bridgehead atoms. The number of rotatable bonds is 7. The lowest BCUT2D eigenvalue weighted by Crippen LogP contribution is -2.28. The summed E-state index contributed by atoms with van der Waals surface area (Å²) in [6.07, 6.45) is 0. The van der Waals surface area contributed by atoms with Gasteiger partial charge in [-0.2, -0.15) is 0 Å². The second kappa shape index (κ2) is 10.6. The molecule has 5 nitrogen and oxygen atoms in total. The number of carbonyl (C=O) groups is 1. The van der Waals surface area contributed by atoms with Crippen LogP contribution in [-0.4, -0.2) is 20.7 Å². The molecule has 1 unspecified atom stereocenters. The van der Waals surface area contributed by atoms with Gasteiger partial charge in [-0.05, 0) is 56.7 Å². The molecule has 4 rings (SSSR count). The van der Waals surface area contributed by atoms with Gasteiger partial charge in [0.25, 0.3) is 5.91 Å². The summed E-state index contributed by atoms with van der Waals surface area (Å²) >= 11 is 14.3. The lowest BCUT2D eigenvalue weighted by molar-refractivity contribution is 0.0938. The number of thioether (sulfide) groups is 1. The Balaban J connectivity index is 1.65. The Kier molecular flexibility index (Phi) is 7.61. The maximum Gasteiger partial charge on any atom is 0.251 e. The van der Waals surface area contributed by atoms with Gasteiger partial charge in [-0.15, -0.1) is 10.2 Å². The van der Waals surface area contributed by atoms with Crippen molar-refractivity contribution >= 4 is 40.9 Å². The fourth-order valence-corrected chi connectivity index (χ4v) is 4.93. The van der Waals surface area contributed by atoms with Gasteiger partial charge in [0.05, 0.1) is 16.8 Å². The molecule has 1 atom stereocenters. The monoisotopic (exact) mass is 510 g/mol. The van der Waals surface area contributed by atoms with Crippen molar-refractivity contribution in [1.82, 2.24) is 20.1 Å². The van der Waals surface area contributed by atoms with Crippen LogP contribution in [0.4, 0.5) is 0 Å². The number of amides is 1. The van der Waals surface area contributed by atoms with Crippen molar-refractivity contribution in [3.8, 4) is 5.69 Å². The first kappa shape index (κ1) is 24.3. The van der Waals surface area contributed by atoms with Gasteiger partial charge < -0.3 is 5.32 Å². The highest BCUT2D eigenvalue weighted by Crippen LogP contribution is 2.32. The number of carbonyl (C=O) groups excluding carboxylic acids is 1. The molecule has 1 N–H and O–H groups in total. The van der Waals surface area contributed by atoms with E-state index in [2.05, 4.69) is 40.6 Å². The minimum Gasteiger partial charge on any atom is -0.342 e. The number of nitrogens with one attached hydrogen (secondary N) is 1. The lowest BCUT2D eigenvalue weighted by Gasteiger charge is -2.17. The minimum atomic E-state index is -0.415. The summed E-state index contributed by atoms with van der Waals surface area (Å²) in [5.41, 5.74) is 4.77. The van der Waals surface area contributed by atoms with Crippen LogP contribution in [0.25, 0.3) is 5.69 Å². The Labute approximate surface area is 213 Å². The molecule has 34 heavy (non-hydrogen) atoms. The summed E-state index contributed by atoms with van der Waals surface area (Å²) in [5.74, 6) is 1.12. The quantitative estimate of drug-likeness (QED) is 0.272. The summed E-state index contributed by atoms with van der Waals surface area (Å²) in [4.78, 5) is 12.8. The number of nitrogens with zero attached hydrogens (tertiary/aromatic N) is 3. The van der Waals surface area contributed by atoms with Crippen LogP contribution in [-0.2, 0) is 5.75 Å². The standard InChI is InChI=1S/C26H24Cl2N4OS/c1-16-7-9-20(10-8-16)25(33)29-18(3)24-30-31-26(34-15-19-6-4-5-17(2)13-19)32(24)23-12-11-21(27)14-22(23)28/h4-14,18H,15H2,1-3H3,(H,29,33). The summed E-state index contributed by atoms with van der Waals surface area (Å²) in [6, 6.07) is 20.7. The number of halogens is 2. The molecule has 0 spiro atoms. The number of aryl methyl sites for hydroxylation is 2. The van der Waals surface area contributed by atoms with E-state index in [0.717, 1.165) is 11.3 Å². The molecule has 0 aliphatic heterocycles. The zero-order valence-electron chi connectivity index (χ0n) is 19.0. The molecule has 8 heteroatoms. The zero-order chi connectivity index (χ0) is 24.2. The predicted octanol–water partition coefficient (Wildman–Crippen LogP) is 6.97. The summed E-state index contributed by atoms with van der Waals surface area (Å²) < 4.78 is 1.89. The lowest BCUT2D eigenvalue weighted by atomic mass is 10.1. The van der Waals surface area contributed by atoms with Crippen molar-refractivity contribution in [3.05, 3.63) is 105 Å². The first-order valence-electron chi connectivity index (χ1n) is 10.8. The molecule has 3 aromatic carbocycles. The van der Waals surface area contributed by atoms with Gasteiger partial charge in [-0.1, -0.05) is 82.5 Å². The van der Waals surface area contributed by atoms with E-state index < -0.39 is 6.04 Å². The topological polar surface area (TPSA) is 59.8 Å². The van der Waals surface area contributed by atoms with Crippen molar-refractivity contribution in [2.24, 2.45) is 0 Å². The fourth-order valence-electron chi connectivity index (χ4n) is 3.54. The molecular weight excluding hydrogens is 487 g/mol. The molecule has 0 saturated heterocycles. The molecule has 0 fully saturated rings. The Bertz CT molecular complexity index is 1320. The molecule has 1 heterocycles. The molecule has 4 aromatic rings. The van der Waals surface area contributed by atoms with Crippen LogP contribution >= 0.6 is 35.0 Å². The van der Waals surface area contributed by atoms with Crippen LogP contribution in [0.1, 0.15) is 45.8 Å². The van der Waals surface area contributed by atoms with Crippen LogP contribution in [0.2, 0.25) is 10.0 Å². The first-order valence-corrected chi connectivity index (χ1v) is 12.5.